The van der Waals surface area contributed by atoms with Crippen LogP contribution in [0.3, 0.4) is 0 Å². The van der Waals surface area contributed by atoms with Gasteiger partial charge in [-0.3, -0.25) is 14.9 Å². The van der Waals surface area contributed by atoms with Crippen molar-refractivity contribution in [3.05, 3.63) is 29.0 Å². The van der Waals surface area contributed by atoms with Crippen molar-refractivity contribution < 1.29 is 14.5 Å². The first-order chi connectivity index (χ1) is 8.51. The highest BCUT2D eigenvalue weighted by atomic mass is 16.6. The van der Waals surface area contributed by atoms with Gasteiger partial charge in [-0.25, -0.2) is 4.68 Å². The number of methoxy groups -OCH3 is 1. The minimum atomic E-state index is -0.674. The number of hydrogen-bond acceptors (Lipinski definition) is 5. The molecule has 0 radical (unpaired) electrons. The summed E-state index contributed by atoms with van der Waals surface area (Å²) in [6.45, 7) is 5.37. The minimum absolute atomic E-state index is 0.122. The van der Waals surface area contributed by atoms with Crippen molar-refractivity contribution in [2.24, 2.45) is 0 Å². The minimum Gasteiger partial charge on any atom is -0.475 e. The molecule has 18 heavy (non-hydrogen) atoms. The van der Waals surface area contributed by atoms with Gasteiger partial charge in [0.05, 0.1) is 12.0 Å². The highest BCUT2D eigenvalue weighted by molar-refractivity contribution is 5.80. The molecule has 1 aromatic heterocycles. The number of nitrogens with zero attached hydrogens (tertiary/aromatic N) is 3. The molecule has 0 saturated carbocycles. The van der Waals surface area contributed by atoms with Crippen molar-refractivity contribution in [1.29, 1.82) is 0 Å². The van der Waals surface area contributed by atoms with Gasteiger partial charge in [-0.2, -0.15) is 0 Å². The van der Waals surface area contributed by atoms with Crippen LogP contribution in [0.25, 0.3) is 0 Å². The van der Waals surface area contributed by atoms with Gasteiger partial charge in [0.2, 0.25) is 5.91 Å². The smallest absolute Gasteiger partial charge is 0.350 e. The molecule has 1 aromatic rings. The van der Waals surface area contributed by atoms with E-state index in [0.717, 1.165) is 6.20 Å². The molecule has 1 atom stereocenters. The third-order valence-electron chi connectivity index (χ3n) is 2.27. The van der Waals surface area contributed by atoms with Crippen LogP contribution in [0.2, 0.25) is 0 Å². The number of rotatable bonds is 6. The average molecular weight is 254 g/mol. The molecule has 0 saturated heterocycles. The van der Waals surface area contributed by atoms with Crippen LogP contribution in [0.5, 0.6) is 5.88 Å². The summed E-state index contributed by atoms with van der Waals surface area (Å²) in [4.78, 5) is 21.8. The molecule has 0 spiro atoms. The van der Waals surface area contributed by atoms with E-state index in [1.165, 1.54) is 17.9 Å². The van der Waals surface area contributed by atoms with Gasteiger partial charge in [0.25, 0.3) is 0 Å². The largest absolute Gasteiger partial charge is 0.475 e. The van der Waals surface area contributed by atoms with Gasteiger partial charge in [-0.05, 0) is 6.92 Å². The molecule has 0 aliphatic heterocycles. The van der Waals surface area contributed by atoms with Crippen LogP contribution in [0.4, 0.5) is 5.69 Å². The monoisotopic (exact) mass is 254 g/mol. The molecule has 1 unspecified atom stereocenters. The van der Waals surface area contributed by atoms with Crippen molar-refractivity contribution in [1.82, 2.24) is 15.1 Å². The third-order valence-corrected chi connectivity index (χ3v) is 2.27. The van der Waals surface area contributed by atoms with Gasteiger partial charge in [0, 0.05) is 6.54 Å². The van der Waals surface area contributed by atoms with E-state index in [4.69, 9.17) is 4.74 Å². The molecule has 1 amide bonds. The fraction of sp³-hybridized carbons (Fsp3) is 0.400. The lowest BCUT2D eigenvalue weighted by molar-refractivity contribution is -0.385. The Bertz CT molecular complexity index is 468. The summed E-state index contributed by atoms with van der Waals surface area (Å²) in [7, 11) is 1.28. The lowest BCUT2D eigenvalue weighted by Crippen LogP contribution is -2.31. The van der Waals surface area contributed by atoms with Gasteiger partial charge in [0.1, 0.15) is 12.2 Å². The fourth-order valence-electron chi connectivity index (χ4n) is 1.28. The molecule has 0 bridgehead atoms. The van der Waals surface area contributed by atoms with Crippen molar-refractivity contribution >= 4 is 11.6 Å². The van der Waals surface area contributed by atoms with Crippen molar-refractivity contribution in [3.8, 4) is 5.88 Å². The molecular formula is C10H14N4O4. The van der Waals surface area contributed by atoms with E-state index < -0.39 is 11.0 Å². The quantitative estimate of drug-likeness (QED) is 0.456. The van der Waals surface area contributed by atoms with Gasteiger partial charge in [-0.1, -0.05) is 6.08 Å². The maximum absolute atomic E-state index is 11.7. The van der Waals surface area contributed by atoms with Crippen LogP contribution in [0.15, 0.2) is 18.9 Å². The van der Waals surface area contributed by atoms with E-state index in [2.05, 4.69) is 17.0 Å². The van der Waals surface area contributed by atoms with Gasteiger partial charge in [0.15, 0.2) is 0 Å². The summed E-state index contributed by atoms with van der Waals surface area (Å²) in [5.41, 5.74) is -0.277. The number of aromatic nitrogens is 2. The van der Waals surface area contributed by atoms with E-state index in [0.29, 0.717) is 6.54 Å². The van der Waals surface area contributed by atoms with Crippen molar-refractivity contribution in [2.75, 3.05) is 13.7 Å². The number of carbonyl (C=O) groups is 1. The molecule has 98 valence electrons. The molecule has 1 rings (SSSR count). The Morgan fingerprint density at radius 1 is 1.83 bits per heavy atom. The standard InChI is InChI=1S/C10H14N4O4/c1-4-5-11-9(15)7(2)13-6-8(14(16)17)10(12-13)18-3/h4,6-7H,1,5H2,2-3H3,(H,11,15). The molecule has 8 heteroatoms. The summed E-state index contributed by atoms with van der Waals surface area (Å²) >= 11 is 0. The molecule has 8 nitrogen and oxygen atoms in total. The molecule has 1 heterocycles. The normalized spacial score (nSPS) is 11.7. The Balaban J connectivity index is 2.92. The zero-order valence-electron chi connectivity index (χ0n) is 10.1. The topological polar surface area (TPSA) is 99.3 Å². The van der Waals surface area contributed by atoms with E-state index in [9.17, 15) is 14.9 Å². The summed E-state index contributed by atoms with van der Waals surface area (Å²) in [6.07, 6.45) is 2.70. The van der Waals surface area contributed by atoms with Crippen LogP contribution in [-0.4, -0.2) is 34.3 Å². The highest BCUT2D eigenvalue weighted by Gasteiger charge is 2.24. The number of nitro groups is 1. The Labute approximate surface area is 103 Å². The fourth-order valence-corrected chi connectivity index (χ4v) is 1.28. The van der Waals surface area contributed by atoms with Gasteiger partial charge in [-0.15, -0.1) is 11.7 Å². The molecule has 0 aliphatic carbocycles. The maximum atomic E-state index is 11.7. The van der Waals surface area contributed by atoms with Gasteiger partial charge >= 0.3 is 11.6 Å². The highest BCUT2D eigenvalue weighted by Crippen LogP contribution is 2.25. The van der Waals surface area contributed by atoms with Crippen LogP contribution < -0.4 is 10.1 Å². The lowest BCUT2D eigenvalue weighted by Gasteiger charge is -2.10. The Hall–Kier alpha value is -2.38. The van der Waals surface area contributed by atoms with Gasteiger partial charge < -0.3 is 10.1 Å². The molecule has 0 aromatic carbocycles. The number of hydrogen-bond donors (Lipinski definition) is 1. The van der Waals surface area contributed by atoms with E-state index >= 15 is 0 Å². The zero-order valence-corrected chi connectivity index (χ0v) is 10.1. The Morgan fingerprint density at radius 2 is 2.50 bits per heavy atom. The second-order valence-electron chi connectivity index (χ2n) is 3.47. The summed E-state index contributed by atoms with van der Waals surface area (Å²) in [5.74, 6) is -0.432. The number of ether oxygens (including phenoxy) is 1. The Kier molecular flexibility index (Phi) is 4.41. The molecule has 0 aliphatic rings. The second kappa shape index (κ2) is 5.80. The van der Waals surface area contributed by atoms with Crippen LogP contribution >= 0.6 is 0 Å². The SMILES string of the molecule is C=CCNC(=O)C(C)n1cc([N+](=O)[O-])c(OC)n1. The third kappa shape index (κ3) is 2.84. The second-order valence-corrected chi connectivity index (χ2v) is 3.47. The molecular weight excluding hydrogens is 240 g/mol. The number of carbonyl (C=O) groups excluding carboxylic acids is 1. The van der Waals surface area contributed by atoms with E-state index in [-0.39, 0.29) is 17.5 Å². The number of nitrogens with one attached hydrogen (secondary N) is 1. The summed E-state index contributed by atoms with van der Waals surface area (Å²) in [6, 6.07) is -0.674. The molecule has 1 N–H and O–H groups in total. The van der Waals surface area contributed by atoms with E-state index in [1.54, 1.807) is 6.92 Å². The first-order valence-electron chi connectivity index (χ1n) is 5.17. The lowest BCUT2D eigenvalue weighted by atomic mass is 10.3. The predicted molar refractivity (Wildman–Crippen MR) is 63.4 cm³/mol. The van der Waals surface area contributed by atoms with Crippen LogP contribution in [-0.2, 0) is 4.79 Å². The predicted octanol–water partition coefficient (Wildman–Crippen LogP) is 0.663. The number of amides is 1. The zero-order chi connectivity index (χ0) is 13.7. The summed E-state index contributed by atoms with van der Waals surface area (Å²) in [5, 5.41) is 17.1. The first kappa shape index (κ1) is 13.7. The van der Waals surface area contributed by atoms with Crippen LogP contribution in [0.1, 0.15) is 13.0 Å². The average Bonchev–Trinajstić information content (AvgIpc) is 2.79. The molecule has 0 fully saturated rings. The maximum Gasteiger partial charge on any atom is 0.350 e. The van der Waals surface area contributed by atoms with E-state index in [1.807, 2.05) is 0 Å². The summed E-state index contributed by atoms with van der Waals surface area (Å²) < 4.78 is 5.97. The van der Waals surface area contributed by atoms with Crippen LogP contribution in [0, 0.1) is 10.1 Å². The van der Waals surface area contributed by atoms with Crippen molar-refractivity contribution in [3.63, 3.8) is 0 Å². The Morgan fingerprint density at radius 3 is 2.94 bits per heavy atom. The first-order valence-corrected chi connectivity index (χ1v) is 5.17. The van der Waals surface area contributed by atoms with Crippen molar-refractivity contribution in [2.45, 2.75) is 13.0 Å².